The molecule has 2 rings (SSSR count). The summed E-state index contributed by atoms with van der Waals surface area (Å²) in [7, 11) is 0. The number of hydrogen-bond donors (Lipinski definition) is 1. The van der Waals surface area contributed by atoms with E-state index in [1.165, 1.54) is 0 Å². The second kappa shape index (κ2) is 3.31. The van der Waals surface area contributed by atoms with E-state index >= 15 is 0 Å². The van der Waals surface area contributed by atoms with Gasteiger partial charge in [0.05, 0.1) is 11.4 Å². The van der Waals surface area contributed by atoms with E-state index in [4.69, 9.17) is 11.8 Å². The molecule has 14 heavy (non-hydrogen) atoms. The molecule has 1 aromatic rings. The summed E-state index contributed by atoms with van der Waals surface area (Å²) in [6.45, 7) is 0. The molecule has 0 bridgehead atoms. The van der Waals surface area contributed by atoms with Crippen molar-refractivity contribution in [1.82, 2.24) is 0 Å². The molecule has 0 saturated heterocycles. The van der Waals surface area contributed by atoms with Crippen LogP contribution in [0.25, 0.3) is 0 Å². The van der Waals surface area contributed by atoms with Crippen LogP contribution >= 0.6 is 11.8 Å². The van der Waals surface area contributed by atoms with Gasteiger partial charge in [0.15, 0.2) is 0 Å². The number of amides is 2. The number of carbonyl (C=O) groups excluding carboxylic acids is 2. The standard InChI is InChI=1S/C9H7ClN2O2/c10-12-7-4-2-1-3-6(7)11-8(13)5-9(12)14/h1-4H,5H2,(H,11,13). The number of nitrogens with zero attached hydrogens (tertiary/aromatic N) is 1. The Hall–Kier alpha value is -1.55. The van der Waals surface area contributed by atoms with E-state index in [9.17, 15) is 9.59 Å². The van der Waals surface area contributed by atoms with E-state index in [1.54, 1.807) is 24.3 Å². The number of halogens is 1. The number of fused-ring (bicyclic) bond motifs is 1. The summed E-state index contributed by atoms with van der Waals surface area (Å²) in [6.07, 6.45) is -0.224. The summed E-state index contributed by atoms with van der Waals surface area (Å²) in [5, 5.41) is 2.60. The van der Waals surface area contributed by atoms with Crippen LogP contribution in [0.1, 0.15) is 6.42 Å². The molecule has 0 fully saturated rings. The van der Waals surface area contributed by atoms with Crippen molar-refractivity contribution in [2.24, 2.45) is 0 Å². The zero-order valence-corrected chi connectivity index (χ0v) is 7.91. The lowest BCUT2D eigenvalue weighted by atomic mass is 10.2. The van der Waals surface area contributed by atoms with Gasteiger partial charge in [0.2, 0.25) is 5.91 Å². The SMILES string of the molecule is O=C1CC(=O)N(Cl)c2ccccc2N1. The normalized spacial score (nSPS) is 15.9. The Morgan fingerprint density at radius 3 is 2.79 bits per heavy atom. The smallest absolute Gasteiger partial charge is 0.251 e. The van der Waals surface area contributed by atoms with Crippen LogP contribution in [0.3, 0.4) is 0 Å². The molecule has 4 nitrogen and oxygen atoms in total. The van der Waals surface area contributed by atoms with Gasteiger partial charge in [0.25, 0.3) is 5.91 Å². The van der Waals surface area contributed by atoms with Crippen LogP contribution in [0.15, 0.2) is 24.3 Å². The summed E-state index contributed by atoms with van der Waals surface area (Å²) in [5.74, 6) is -0.764. The fourth-order valence-electron chi connectivity index (χ4n) is 1.29. The van der Waals surface area contributed by atoms with Crippen molar-refractivity contribution in [3.05, 3.63) is 24.3 Å². The summed E-state index contributed by atoms with van der Waals surface area (Å²) in [6, 6.07) is 6.88. The predicted octanol–water partition coefficient (Wildman–Crippen LogP) is 1.52. The molecule has 0 aromatic heterocycles. The fourth-order valence-corrected chi connectivity index (χ4v) is 1.49. The van der Waals surface area contributed by atoms with Crippen LogP contribution < -0.4 is 9.74 Å². The Balaban J connectivity index is 2.51. The topological polar surface area (TPSA) is 49.4 Å². The summed E-state index contributed by atoms with van der Waals surface area (Å²) in [4.78, 5) is 22.5. The number of nitrogens with one attached hydrogen (secondary N) is 1. The molecule has 1 N–H and O–H groups in total. The molecule has 72 valence electrons. The van der Waals surface area contributed by atoms with Crippen LogP contribution in [0, 0.1) is 0 Å². The number of carbonyl (C=O) groups is 2. The van der Waals surface area contributed by atoms with Crippen LogP contribution in [0.2, 0.25) is 0 Å². The molecular formula is C9H7ClN2O2. The van der Waals surface area contributed by atoms with E-state index < -0.39 is 5.91 Å². The lowest BCUT2D eigenvalue weighted by Gasteiger charge is -2.12. The molecule has 2 amide bonds. The highest BCUT2D eigenvalue weighted by Crippen LogP contribution is 2.29. The zero-order chi connectivity index (χ0) is 10.1. The van der Waals surface area contributed by atoms with Crippen molar-refractivity contribution in [2.75, 3.05) is 9.74 Å². The maximum absolute atomic E-state index is 11.3. The lowest BCUT2D eigenvalue weighted by molar-refractivity contribution is -0.124. The van der Waals surface area contributed by atoms with Crippen molar-refractivity contribution in [3.8, 4) is 0 Å². The molecule has 5 heteroatoms. The van der Waals surface area contributed by atoms with Crippen LogP contribution in [-0.2, 0) is 9.59 Å². The summed E-state index contributed by atoms with van der Waals surface area (Å²) in [5.41, 5.74) is 1.06. The Morgan fingerprint density at radius 1 is 1.29 bits per heavy atom. The third-order valence-electron chi connectivity index (χ3n) is 1.92. The largest absolute Gasteiger partial charge is 0.324 e. The molecule has 0 saturated carbocycles. The van der Waals surface area contributed by atoms with Crippen LogP contribution in [-0.4, -0.2) is 11.8 Å². The van der Waals surface area contributed by atoms with E-state index in [0.29, 0.717) is 11.4 Å². The molecule has 0 unspecified atom stereocenters. The van der Waals surface area contributed by atoms with Gasteiger partial charge in [-0.3, -0.25) is 9.59 Å². The number of benzene rings is 1. The second-order valence-electron chi connectivity index (χ2n) is 2.92. The number of anilines is 2. The second-order valence-corrected chi connectivity index (χ2v) is 3.25. The molecule has 0 spiro atoms. The average molecular weight is 211 g/mol. The Kier molecular flexibility index (Phi) is 2.13. The van der Waals surface area contributed by atoms with Gasteiger partial charge in [-0.15, -0.1) is 0 Å². The third-order valence-corrected chi connectivity index (χ3v) is 2.29. The predicted molar refractivity (Wildman–Crippen MR) is 53.0 cm³/mol. The zero-order valence-electron chi connectivity index (χ0n) is 7.16. The molecule has 1 heterocycles. The van der Waals surface area contributed by atoms with E-state index in [0.717, 1.165) is 4.42 Å². The van der Waals surface area contributed by atoms with Crippen molar-refractivity contribution < 1.29 is 9.59 Å². The lowest BCUT2D eigenvalue weighted by Crippen LogP contribution is -2.21. The highest BCUT2D eigenvalue weighted by Gasteiger charge is 2.24. The van der Waals surface area contributed by atoms with Gasteiger partial charge in [0.1, 0.15) is 6.42 Å². The minimum Gasteiger partial charge on any atom is -0.324 e. The Labute approximate surface area is 85.6 Å². The number of para-hydroxylation sites is 2. The quantitative estimate of drug-likeness (QED) is 0.521. The van der Waals surface area contributed by atoms with Crippen molar-refractivity contribution >= 4 is 35.0 Å². The van der Waals surface area contributed by atoms with Gasteiger partial charge >= 0.3 is 0 Å². The van der Waals surface area contributed by atoms with Gasteiger partial charge in [-0.25, -0.2) is 4.42 Å². The van der Waals surface area contributed by atoms with E-state index in [-0.39, 0.29) is 12.3 Å². The maximum Gasteiger partial charge on any atom is 0.251 e. The van der Waals surface area contributed by atoms with E-state index in [1.807, 2.05) is 0 Å². The molecule has 0 atom stereocenters. The molecule has 0 radical (unpaired) electrons. The molecule has 1 aromatic carbocycles. The highest BCUT2D eigenvalue weighted by atomic mass is 35.5. The van der Waals surface area contributed by atoms with Crippen LogP contribution in [0.4, 0.5) is 11.4 Å². The minimum atomic E-state index is -0.422. The van der Waals surface area contributed by atoms with E-state index in [2.05, 4.69) is 5.32 Å². The first-order valence-electron chi connectivity index (χ1n) is 4.06. The van der Waals surface area contributed by atoms with Crippen molar-refractivity contribution in [3.63, 3.8) is 0 Å². The first-order chi connectivity index (χ1) is 6.68. The minimum absolute atomic E-state index is 0.224. The summed E-state index contributed by atoms with van der Waals surface area (Å²) >= 11 is 5.76. The summed E-state index contributed by atoms with van der Waals surface area (Å²) < 4.78 is 0.966. The number of hydrogen-bond acceptors (Lipinski definition) is 2. The molecule has 1 aliphatic rings. The van der Waals surface area contributed by atoms with Crippen molar-refractivity contribution in [2.45, 2.75) is 6.42 Å². The monoisotopic (exact) mass is 210 g/mol. The van der Waals surface area contributed by atoms with Crippen LogP contribution in [0.5, 0.6) is 0 Å². The van der Waals surface area contributed by atoms with Gasteiger partial charge in [-0.2, -0.15) is 0 Å². The molecule has 1 aliphatic heterocycles. The average Bonchev–Trinajstić information content (AvgIpc) is 2.26. The van der Waals surface area contributed by atoms with Gasteiger partial charge < -0.3 is 5.32 Å². The first-order valence-corrected chi connectivity index (χ1v) is 4.40. The molecular weight excluding hydrogens is 204 g/mol. The van der Waals surface area contributed by atoms with Gasteiger partial charge in [-0.1, -0.05) is 12.1 Å². The van der Waals surface area contributed by atoms with Crippen molar-refractivity contribution in [1.29, 1.82) is 0 Å². The Bertz CT molecular complexity index is 406. The highest BCUT2D eigenvalue weighted by molar-refractivity contribution is 6.39. The Morgan fingerprint density at radius 2 is 2.00 bits per heavy atom. The number of rotatable bonds is 0. The fraction of sp³-hybridized carbons (Fsp3) is 0.111. The maximum atomic E-state index is 11.3. The van der Waals surface area contributed by atoms with Gasteiger partial charge in [-0.05, 0) is 12.1 Å². The molecule has 0 aliphatic carbocycles. The first kappa shape index (κ1) is 9.02. The third kappa shape index (κ3) is 1.44. The van der Waals surface area contributed by atoms with Gasteiger partial charge in [0, 0.05) is 11.8 Å².